The summed E-state index contributed by atoms with van der Waals surface area (Å²) < 4.78 is 11.1. The van der Waals surface area contributed by atoms with Crippen molar-refractivity contribution < 1.29 is 29.6 Å². The number of aliphatic carboxylic acids is 1. The maximum absolute atomic E-state index is 10.5. The number of ether oxygens (including phenoxy) is 2. The van der Waals surface area contributed by atoms with E-state index in [9.17, 15) is 15.0 Å². The van der Waals surface area contributed by atoms with Gasteiger partial charge in [0.25, 0.3) is 0 Å². The van der Waals surface area contributed by atoms with Crippen LogP contribution in [0.15, 0.2) is 48.6 Å². The Hall–Kier alpha value is -1.86. The molecule has 1 aliphatic heterocycles. The summed E-state index contributed by atoms with van der Waals surface area (Å²) in [6.07, 6.45) is 7.63. The van der Waals surface area contributed by atoms with Crippen LogP contribution in [0.3, 0.4) is 0 Å². The molecule has 1 saturated heterocycles. The number of allylic oxidation sites excluding steroid dienone is 2. The minimum atomic E-state index is -0.812. The van der Waals surface area contributed by atoms with Crippen molar-refractivity contribution in [2.75, 3.05) is 13.2 Å². The Kier molecular flexibility index (Phi) is 9.50. The lowest BCUT2D eigenvalue weighted by molar-refractivity contribution is -0.137. The van der Waals surface area contributed by atoms with Gasteiger partial charge in [0, 0.05) is 17.4 Å². The van der Waals surface area contributed by atoms with Gasteiger partial charge in [-0.05, 0) is 37.5 Å². The van der Waals surface area contributed by atoms with E-state index in [0.717, 1.165) is 0 Å². The Morgan fingerprint density at radius 3 is 2.96 bits per heavy atom. The van der Waals surface area contributed by atoms with Crippen molar-refractivity contribution in [1.82, 2.24) is 0 Å². The first kappa shape index (κ1) is 22.4. The maximum atomic E-state index is 10.5. The van der Waals surface area contributed by atoms with Crippen LogP contribution in [0.25, 0.3) is 0 Å². The SMILES string of the molecule is O=C(O)CCCC=CC[C@H]1[C@@H](O)CO[C@@H]1C=C[C@H](O)COc1cccc(Cl)c1. The molecule has 1 fully saturated rings. The van der Waals surface area contributed by atoms with E-state index in [1.165, 1.54) is 0 Å². The summed E-state index contributed by atoms with van der Waals surface area (Å²) >= 11 is 5.89. The molecule has 0 unspecified atom stereocenters. The van der Waals surface area contributed by atoms with Gasteiger partial charge in [-0.15, -0.1) is 0 Å². The number of aliphatic hydroxyl groups excluding tert-OH is 2. The molecule has 0 amide bonds. The minimum absolute atomic E-state index is 0.0836. The van der Waals surface area contributed by atoms with Gasteiger partial charge in [0.15, 0.2) is 0 Å². The number of carboxylic acids is 1. The molecule has 28 heavy (non-hydrogen) atoms. The van der Waals surface area contributed by atoms with Gasteiger partial charge < -0.3 is 24.8 Å². The monoisotopic (exact) mass is 410 g/mol. The highest BCUT2D eigenvalue weighted by Crippen LogP contribution is 2.26. The molecule has 6 nitrogen and oxygen atoms in total. The zero-order valence-electron chi connectivity index (χ0n) is 15.6. The Labute approximate surface area is 170 Å². The molecule has 2 rings (SSSR count). The first-order valence-corrected chi connectivity index (χ1v) is 9.74. The number of halogens is 1. The van der Waals surface area contributed by atoms with E-state index in [1.807, 2.05) is 12.2 Å². The largest absolute Gasteiger partial charge is 0.491 e. The van der Waals surface area contributed by atoms with Gasteiger partial charge in [-0.1, -0.05) is 42.0 Å². The predicted octanol–water partition coefficient (Wildman–Crippen LogP) is 3.21. The molecular weight excluding hydrogens is 384 g/mol. The topological polar surface area (TPSA) is 96.2 Å². The Morgan fingerprint density at radius 2 is 2.21 bits per heavy atom. The summed E-state index contributed by atoms with van der Waals surface area (Å²) in [5.74, 6) is -0.317. The highest BCUT2D eigenvalue weighted by molar-refractivity contribution is 6.30. The van der Waals surface area contributed by atoms with Gasteiger partial charge in [-0.3, -0.25) is 4.79 Å². The average Bonchev–Trinajstić information content (AvgIpc) is 3.01. The second kappa shape index (κ2) is 11.9. The van der Waals surface area contributed by atoms with Gasteiger partial charge >= 0.3 is 5.97 Å². The van der Waals surface area contributed by atoms with Gasteiger partial charge in [0.05, 0.1) is 18.8 Å². The molecule has 4 atom stereocenters. The molecule has 0 radical (unpaired) electrons. The van der Waals surface area contributed by atoms with Crippen molar-refractivity contribution in [2.24, 2.45) is 5.92 Å². The van der Waals surface area contributed by atoms with E-state index in [0.29, 0.717) is 30.0 Å². The number of hydrogen-bond donors (Lipinski definition) is 3. The number of aliphatic hydroxyl groups is 2. The fourth-order valence-electron chi connectivity index (χ4n) is 2.94. The van der Waals surface area contributed by atoms with Crippen LogP contribution in [0, 0.1) is 5.92 Å². The first-order valence-electron chi connectivity index (χ1n) is 9.37. The molecule has 1 aromatic rings. The lowest BCUT2D eigenvalue weighted by Crippen LogP contribution is -2.23. The average molecular weight is 411 g/mol. The van der Waals surface area contributed by atoms with Crippen molar-refractivity contribution >= 4 is 17.6 Å². The van der Waals surface area contributed by atoms with Crippen LogP contribution >= 0.6 is 11.6 Å². The van der Waals surface area contributed by atoms with Crippen molar-refractivity contribution in [3.8, 4) is 5.75 Å². The van der Waals surface area contributed by atoms with Crippen molar-refractivity contribution in [3.05, 3.63) is 53.6 Å². The van der Waals surface area contributed by atoms with Crippen LogP contribution in [0.2, 0.25) is 5.02 Å². The van der Waals surface area contributed by atoms with E-state index in [1.54, 1.807) is 36.4 Å². The number of hydrogen-bond acceptors (Lipinski definition) is 5. The molecule has 0 spiro atoms. The van der Waals surface area contributed by atoms with Crippen LogP contribution < -0.4 is 4.74 Å². The number of carbonyl (C=O) groups is 1. The smallest absolute Gasteiger partial charge is 0.303 e. The van der Waals surface area contributed by atoms with Crippen LogP contribution in [0.5, 0.6) is 5.75 Å². The normalized spacial score (nSPS) is 23.5. The lowest BCUT2D eigenvalue weighted by atomic mass is 9.94. The summed E-state index contributed by atoms with van der Waals surface area (Å²) in [7, 11) is 0. The molecule has 1 aliphatic rings. The van der Waals surface area contributed by atoms with E-state index in [4.69, 9.17) is 26.2 Å². The zero-order chi connectivity index (χ0) is 20.4. The fraction of sp³-hybridized carbons (Fsp3) is 0.476. The first-order chi connectivity index (χ1) is 13.5. The standard InChI is InChI=1S/C21H27ClO6/c22-15-6-5-7-17(12-15)27-13-16(23)10-11-20-18(19(24)14-28-20)8-3-1-2-4-9-21(25)26/h1,3,5-7,10-12,16,18-20,23-24H,2,4,8-9,13-14H2,(H,25,26)/t16-,18-,19-,20+/m0/s1. The highest BCUT2D eigenvalue weighted by atomic mass is 35.5. The third-order valence-electron chi connectivity index (χ3n) is 4.45. The van der Waals surface area contributed by atoms with Gasteiger partial charge in [-0.25, -0.2) is 0 Å². The number of benzene rings is 1. The van der Waals surface area contributed by atoms with Crippen molar-refractivity contribution in [1.29, 1.82) is 0 Å². The quantitative estimate of drug-likeness (QED) is 0.383. The number of rotatable bonds is 11. The summed E-state index contributed by atoms with van der Waals surface area (Å²) in [5, 5.41) is 29.4. The lowest BCUT2D eigenvalue weighted by Gasteiger charge is -2.16. The summed E-state index contributed by atoms with van der Waals surface area (Å²) in [4.78, 5) is 10.5. The Bertz CT molecular complexity index is 675. The van der Waals surface area contributed by atoms with E-state index >= 15 is 0 Å². The summed E-state index contributed by atoms with van der Waals surface area (Å²) in [6.45, 7) is 0.335. The molecule has 0 saturated carbocycles. The molecule has 0 bridgehead atoms. The molecule has 154 valence electrons. The Balaban J connectivity index is 1.76. The van der Waals surface area contributed by atoms with Gasteiger partial charge in [0.2, 0.25) is 0 Å². The molecule has 3 N–H and O–H groups in total. The number of unbranched alkanes of at least 4 members (excludes halogenated alkanes) is 1. The van der Waals surface area contributed by atoms with E-state index in [-0.39, 0.29) is 31.7 Å². The second-order valence-corrected chi connectivity index (χ2v) is 7.18. The minimum Gasteiger partial charge on any atom is -0.491 e. The summed E-state index contributed by atoms with van der Waals surface area (Å²) in [5.41, 5.74) is 0. The molecule has 1 aromatic carbocycles. The predicted molar refractivity (Wildman–Crippen MR) is 107 cm³/mol. The molecule has 0 aromatic heterocycles. The maximum Gasteiger partial charge on any atom is 0.303 e. The van der Waals surface area contributed by atoms with Gasteiger partial charge in [-0.2, -0.15) is 0 Å². The summed E-state index contributed by atoms with van der Waals surface area (Å²) in [6, 6.07) is 6.95. The van der Waals surface area contributed by atoms with E-state index < -0.39 is 18.2 Å². The number of carboxylic acid groups (broad SMARTS) is 1. The molecular formula is C21H27ClO6. The fourth-order valence-corrected chi connectivity index (χ4v) is 3.12. The zero-order valence-corrected chi connectivity index (χ0v) is 16.4. The van der Waals surface area contributed by atoms with Crippen LogP contribution in [-0.4, -0.2) is 52.8 Å². The second-order valence-electron chi connectivity index (χ2n) is 6.74. The van der Waals surface area contributed by atoms with Crippen LogP contribution in [-0.2, 0) is 9.53 Å². The van der Waals surface area contributed by atoms with Crippen molar-refractivity contribution in [3.63, 3.8) is 0 Å². The third kappa shape index (κ3) is 8.02. The van der Waals surface area contributed by atoms with Gasteiger partial charge in [0.1, 0.15) is 18.5 Å². The van der Waals surface area contributed by atoms with Crippen molar-refractivity contribution in [2.45, 2.75) is 44.0 Å². The molecule has 7 heteroatoms. The van der Waals surface area contributed by atoms with Crippen LogP contribution in [0.4, 0.5) is 0 Å². The molecule has 0 aliphatic carbocycles. The van der Waals surface area contributed by atoms with Crippen LogP contribution in [0.1, 0.15) is 25.7 Å². The molecule has 1 heterocycles. The third-order valence-corrected chi connectivity index (χ3v) is 4.69. The van der Waals surface area contributed by atoms with E-state index in [2.05, 4.69) is 0 Å². The Morgan fingerprint density at radius 1 is 1.39 bits per heavy atom. The highest BCUT2D eigenvalue weighted by Gasteiger charge is 2.33.